The molecule has 0 aromatic carbocycles. The van der Waals surface area contributed by atoms with Gasteiger partial charge in [-0.1, -0.05) is 93.0 Å². The number of fused-ring (bicyclic) bond motifs is 1. The zero-order valence-corrected chi connectivity index (χ0v) is 38.7. The van der Waals surface area contributed by atoms with Gasteiger partial charge in [-0.05, 0) is 141 Å². The third kappa shape index (κ3) is 8.97. The molecule has 4 saturated carbocycles. The van der Waals surface area contributed by atoms with Crippen molar-refractivity contribution in [2.24, 2.45) is 28.6 Å². The molecule has 5 rings (SSSR count). The fourth-order valence-electron chi connectivity index (χ4n) is 10.4. The Morgan fingerprint density at radius 3 is 2.13 bits per heavy atom. The lowest BCUT2D eigenvalue weighted by molar-refractivity contribution is -0.215. The summed E-state index contributed by atoms with van der Waals surface area (Å²) < 4.78 is 27.0. The molecule has 7 heteroatoms. The number of rotatable bonds is 14. The summed E-state index contributed by atoms with van der Waals surface area (Å²) in [5.41, 5.74) is 4.43. The van der Waals surface area contributed by atoms with Crippen LogP contribution in [0.1, 0.15) is 152 Å². The summed E-state index contributed by atoms with van der Waals surface area (Å²) in [6.45, 7) is 36.8. The van der Waals surface area contributed by atoms with Crippen LogP contribution in [0.5, 0.6) is 0 Å². The number of unbranched alkanes of at least 4 members (excludes halogenated alkanes) is 1. The van der Waals surface area contributed by atoms with Crippen LogP contribution in [-0.2, 0) is 18.3 Å². The van der Waals surface area contributed by atoms with Crippen molar-refractivity contribution in [1.29, 1.82) is 0 Å². The molecule has 0 aromatic heterocycles. The average molecular weight is 771 g/mol. The van der Waals surface area contributed by atoms with Crippen LogP contribution in [0.25, 0.3) is 0 Å². The molecule has 4 aliphatic carbocycles. The highest BCUT2D eigenvalue weighted by Crippen LogP contribution is 2.63. The van der Waals surface area contributed by atoms with Crippen LogP contribution < -0.4 is 0 Å². The molecule has 5 nitrogen and oxygen atoms in total. The van der Waals surface area contributed by atoms with E-state index in [0.29, 0.717) is 25.0 Å². The largest absolute Gasteiger partial charge is 0.413 e. The summed E-state index contributed by atoms with van der Waals surface area (Å²) in [5, 5.41) is 12.1. The van der Waals surface area contributed by atoms with Gasteiger partial charge in [-0.3, -0.25) is 0 Å². The van der Waals surface area contributed by atoms with Crippen molar-refractivity contribution in [1.82, 2.24) is 0 Å². The van der Waals surface area contributed by atoms with Gasteiger partial charge < -0.3 is 23.4 Å². The molecule has 1 aliphatic heterocycles. The third-order valence-corrected chi connectivity index (χ3v) is 25.2. The van der Waals surface area contributed by atoms with Crippen LogP contribution in [0.2, 0.25) is 36.3 Å². The van der Waals surface area contributed by atoms with E-state index in [-0.39, 0.29) is 45.1 Å². The molecule has 5 aliphatic rings. The summed E-state index contributed by atoms with van der Waals surface area (Å²) in [4.78, 5) is 0. The molecule has 0 amide bonds. The standard InChI is InChI=1S/C46H82O5Si2/c1-15-16-25-46(48-29-30-49-46)45(27-28-45)26-23-40(47)34(3)38-21-22-39-35(18-17-24-44(38,39)10)19-20-36-31-37(50-52(11,12)42(4,5)6)32-41(33(36)2)51-53(13,14)43(7,8)9/h19-20,34,37-41,47H,2,15-18,21-32H2,1,3-14H3/t34-,37+,38+,39-,40-,41-,44+/m0/s1. The molecule has 7 atom stereocenters. The van der Waals surface area contributed by atoms with E-state index in [0.717, 1.165) is 44.9 Å². The lowest BCUT2D eigenvalue weighted by Gasteiger charge is -2.46. The topological polar surface area (TPSA) is 57.2 Å². The van der Waals surface area contributed by atoms with Crippen molar-refractivity contribution >= 4 is 16.6 Å². The van der Waals surface area contributed by atoms with Gasteiger partial charge in [-0.2, -0.15) is 0 Å². The van der Waals surface area contributed by atoms with Crippen LogP contribution in [0, 0.1) is 28.6 Å². The van der Waals surface area contributed by atoms with E-state index >= 15 is 0 Å². The minimum Gasteiger partial charge on any atom is -0.413 e. The summed E-state index contributed by atoms with van der Waals surface area (Å²) in [6, 6.07) is 0. The Bertz CT molecular complexity index is 1340. The summed E-state index contributed by atoms with van der Waals surface area (Å²) >= 11 is 0. The molecule has 53 heavy (non-hydrogen) atoms. The Balaban J connectivity index is 1.31. The second kappa shape index (κ2) is 16.0. The van der Waals surface area contributed by atoms with Crippen LogP contribution in [0.15, 0.2) is 35.5 Å². The zero-order valence-electron chi connectivity index (χ0n) is 36.7. The molecule has 1 heterocycles. The monoisotopic (exact) mass is 771 g/mol. The second-order valence-corrected chi connectivity index (χ2v) is 31.2. The number of hydrogen-bond acceptors (Lipinski definition) is 5. The Kier molecular flexibility index (Phi) is 13.2. The number of ether oxygens (including phenoxy) is 2. The molecule has 1 saturated heterocycles. The fraction of sp³-hybridized carbons (Fsp3) is 0.870. The highest BCUT2D eigenvalue weighted by molar-refractivity contribution is 6.74. The minimum atomic E-state index is -2.01. The normalized spacial score (nSPS) is 33.4. The van der Waals surface area contributed by atoms with Crippen molar-refractivity contribution < 1.29 is 23.4 Å². The van der Waals surface area contributed by atoms with E-state index in [4.69, 9.17) is 24.9 Å². The third-order valence-electron chi connectivity index (χ3n) is 16.2. The molecular formula is C46H82O5Si2. The first kappa shape index (κ1) is 43.6. The number of aliphatic hydroxyl groups is 1. The van der Waals surface area contributed by atoms with Gasteiger partial charge in [0.25, 0.3) is 0 Å². The maximum absolute atomic E-state index is 11.8. The molecule has 0 aromatic rings. The van der Waals surface area contributed by atoms with Crippen molar-refractivity contribution in [3.63, 3.8) is 0 Å². The molecule has 0 unspecified atom stereocenters. The van der Waals surface area contributed by atoms with E-state index in [1.165, 1.54) is 56.1 Å². The first-order valence-electron chi connectivity index (χ1n) is 21.9. The van der Waals surface area contributed by atoms with Gasteiger partial charge in [0.1, 0.15) is 0 Å². The molecule has 304 valence electrons. The van der Waals surface area contributed by atoms with Crippen LogP contribution in [-0.4, -0.2) is 59.1 Å². The fourth-order valence-corrected chi connectivity index (χ4v) is 13.1. The maximum Gasteiger partial charge on any atom is 0.192 e. The van der Waals surface area contributed by atoms with Crippen LogP contribution in [0.3, 0.4) is 0 Å². The van der Waals surface area contributed by atoms with Crippen LogP contribution >= 0.6 is 0 Å². The molecule has 1 N–H and O–H groups in total. The van der Waals surface area contributed by atoms with Gasteiger partial charge >= 0.3 is 0 Å². The minimum absolute atomic E-state index is 0.00183. The van der Waals surface area contributed by atoms with E-state index in [2.05, 4.69) is 101 Å². The Labute approximate surface area is 328 Å². The van der Waals surface area contributed by atoms with Crippen LogP contribution in [0.4, 0.5) is 0 Å². The molecular weight excluding hydrogens is 689 g/mol. The Morgan fingerprint density at radius 1 is 0.925 bits per heavy atom. The molecule has 0 bridgehead atoms. The van der Waals surface area contributed by atoms with E-state index in [1.807, 2.05) is 0 Å². The number of hydrogen-bond donors (Lipinski definition) is 1. The SMILES string of the molecule is C=C1C(=CC=C2CCC[C@]3(C)[C@@H]([C@H](C)[C@@H](O)CCC4(C5(CCCC)OCCO5)CC4)CC[C@@H]23)C[C@@H](O[Si](C)(C)C(C)(C)C)C[C@@H]1O[Si](C)(C)C(C)(C)C. The second-order valence-electron chi connectivity index (χ2n) is 21.7. The van der Waals surface area contributed by atoms with Crippen molar-refractivity contribution in [3.8, 4) is 0 Å². The first-order chi connectivity index (χ1) is 24.5. The summed E-state index contributed by atoms with van der Waals surface area (Å²) in [6.07, 6.45) is 20.2. The predicted molar refractivity (Wildman–Crippen MR) is 227 cm³/mol. The Hall–Kier alpha value is -0.546. The first-order valence-corrected chi connectivity index (χ1v) is 27.7. The summed E-state index contributed by atoms with van der Waals surface area (Å²) in [5.74, 6) is 0.993. The van der Waals surface area contributed by atoms with Gasteiger partial charge in [-0.15, -0.1) is 0 Å². The lowest BCUT2D eigenvalue weighted by Crippen LogP contribution is -2.49. The highest BCUT2D eigenvalue weighted by Gasteiger charge is 2.62. The van der Waals surface area contributed by atoms with Gasteiger partial charge in [-0.25, -0.2) is 0 Å². The maximum atomic E-state index is 11.8. The van der Waals surface area contributed by atoms with Gasteiger partial charge in [0.05, 0.1) is 31.5 Å². The van der Waals surface area contributed by atoms with E-state index < -0.39 is 22.4 Å². The zero-order chi connectivity index (χ0) is 39.3. The molecule has 5 fully saturated rings. The lowest BCUT2D eigenvalue weighted by atomic mass is 9.60. The van der Waals surface area contributed by atoms with Crippen molar-refractivity contribution in [2.45, 2.75) is 213 Å². The summed E-state index contributed by atoms with van der Waals surface area (Å²) in [7, 11) is -3.97. The van der Waals surface area contributed by atoms with Crippen molar-refractivity contribution in [3.05, 3.63) is 35.5 Å². The van der Waals surface area contributed by atoms with Gasteiger partial charge in [0, 0.05) is 18.3 Å². The molecule has 0 radical (unpaired) electrons. The van der Waals surface area contributed by atoms with Crippen molar-refractivity contribution in [2.75, 3.05) is 13.2 Å². The number of allylic oxidation sites excluding steroid dienone is 3. The predicted octanol–water partition coefficient (Wildman–Crippen LogP) is 12.7. The van der Waals surface area contributed by atoms with Gasteiger partial charge in [0.2, 0.25) is 0 Å². The number of aliphatic hydroxyl groups excluding tert-OH is 1. The highest BCUT2D eigenvalue weighted by atomic mass is 28.4. The quantitative estimate of drug-likeness (QED) is 0.178. The molecule has 0 spiro atoms. The Morgan fingerprint density at radius 2 is 1.55 bits per heavy atom. The van der Waals surface area contributed by atoms with E-state index in [1.54, 1.807) is 5.57 Å². The average Bonchev–Trinajstić information content (AvgIpc) is 3.55. The van der Waals surface area contributed by atoms with E-state index in [9.17, 15) is 5.11 Å². The van der Waals surface area contributed by atoms with Gasteiger partial charge in [0.15, 0.2) is 22.4 Å². The smallest absolute Gasteiger partial charge is 0.192 e.